The Kier molecular flexibility index (Phi) is 3.45. The number of allylic oxidation sites excluding steroid dienone is 4. The van der Waals surface area contributed by atoms with Crippen LogP contribution in [0, 0.1) is 0 Å². The molecule has 0 spiro atoms. The van der Waals surface area contributed by atoms with E-state index in [1.165, 1.54) is 0 Å². The second kappa shape index (κ2) is 5.41. The summed E-state index contributed by atoms with van der Waals surface area (Å²) in [5.74, 6) is -0.891. The van der Waals surface area contributed by atoms with E-state index in [-0.39, 0.29) is 12.3 Å². The van der Waals surface area contributed by atoms with Crippen LogP contribution in [-0.2, 0) is 9.53 Å². The highest BCUT2D eigenvalue weighted by molar-refractivity contribution is 5.95. The molecule has 1 aromatic rings. The summed E-state index contributed by atoms with van der Waals surface area (Å²) in [4.78, 5) is 23.4. The lowest BCUT2D eigenvalue weighted by atomic mass is 10.2. The number of aromatic nitrogens is 1. The van der Waals surface area contributed by atoms with Gasteiger partial charge in [-0.2, -0.15) is 0 Å². The summed E-state index contributed by atoms with van der Waals surface area (Å²) in [6, 6.07) is 2.79. The SMILES string of the molecule is O=C1CC(NC(=O)c2ccc3n2\C=C/C=C\C=C/3)C(O)O1. The Hall–Kier alpha value is -2.60. The van der Waals surface area contributed by atoms with Crippen LogP contribution in [0.3, 0.4) is 0 Å². The zero-order chi connectivity index (χ0) is 14.8. The molecule has 1 amide bonds. The molecular weight excluding hydrogens is 272 g/mol. The van der Waals surface area contributed by atoms with E-state index in [2.05, 4.69) is 10.1 Å². The van der Waals surface area contributed by atoms with E-state index in [0.717, 1.165) is 5.69 Å². The molecule has 0 aliphatic carbocycles. The number of carbonyl (C=O) groups is 2. The second-order valence-electron chi connectivity index (χ2n) is 4.76. The van der Waals surface area contributed by atoms with Crippen LogP contribution < -0.4 is 5.32 Å². The molecule has 2 unspecified atom stereocenters. The molecule has 2 aliphatic heterocycles. The van der Waals surface area contributed by atoms with Gasteiger partial charge in [-0.15, -0.1) is 0 Å². The minimum Gasteiger partial charge on any atom is -0.434 e. The Labute approximate surface area is 121 Å². The average molecular weight is 286 g/mol. The maximum atomic E-state index is 12.3. The summed E-state index contributed by atoms with van der Waals surface area (Å²) in [6.45, 7) is 0. The summed E-state index contributed by atoms with van der Waals surface area (Å²) < 4.78 is 6.34. The lowest BCUT2D eigenvalue weighted by Gasteiger charge is -2.14. The van der Waals surface area contributed by atoms with Crippen LogP contribution in [0.4, 0.5) is 0 Å². The molecule has 0 saturated carbocycles. The van der Waals surface area contributed by atoms with Gasteiger partial charge in [0.2, 0.25) is 6.29 Å². The molecule has 0 aromatic carbocycles. The molecule has 6 nitrogen and oxygen atoms in total. The predicted molar refractivity (Wildman–Crippen MR) is 75.9 cm³/mol. The van der Waals surface area contributed by atoms with Crippen molar-refractivity contribution in [2.24, 2.45) is 0 Å². The summed E-state index contributed by atoms with van der Waals surface area (Å²) >= 11 is 0. The summed E-state index contributed by atoms with van der Waals surface area (Å²) in [5.41, 5.74) is 1.28. The molecular formula is C15H14N2O4. The summed E-state index contributed by atoms with van der Waals surface area (Å²) in [5, 5.41) is 12.1. The zero-order valence-corrected chi connectivity index (χ0v) is 11.1. The minimum absolute atomic E-state index is 0.0288. The molecule has 108 valence electrons. The fourth-order valence-corrected chi connectivity index (χ4v) is 2.28. The topological polar surface area (TPSA) is 80.6 Å². The standard InChI is InChI=1S/C15H14N2O4/c18-13-9-11(15(20)21-13)16-14(19)12-7-6-10-5-3-1-2-4-8-17(10)12/h1-8,11,15,20H,9H2,(H,16,19)/b2-1-,5-3-,8-4-. The van der Waals surface area contributed by atoms with Crippen molar-refractivity contribution in [3.8, 4) is 0 Å². The molecule has 1 aromatic heterocycles. The van der Waals surface area contributed by atoms with Gasteiger partial charge < -0.3 is 19.7 Å². The van der Waals surface area contributed by atoms with Crippen LogP contribution in [0.5, 0.6) is 0 Å². The minimum atomic E-state index is -1.29. The van der Waals surface area contributed by atoms with Gasteiger partial charge in [0.15, 0.2) is 0 Å². The smallest absolute Gasteiger partial charge is 0.310 e. The highest BCUT2D eigenvalue weighted by atomic mass is 16.6. The maximum absolute atomic E-state index is 12.3. The number of hydrogen-bond donors (Lipinski definition) is 2. The van der Waals surface area contributed by atoms with Gasteiger partial charge in [-0.25, -0.2) is 0 Å². The molecule has 1 saturated heterocycles. The quantitative estimate of drug-likeness (QED) is 0.792. The Morgan fingerprint density at radius 1 is 1.29 bits per heavy atom. The van der Waals surface area contributed by atoms with Gasteiger partial charge in [0.25, 0.3) is 5.91 Å². The van der Waals surface area contributed by atoms with E-state index in [1.54, 1.807) is 16.8 Å². The number of rotatable bonds is 2. The van der Waals surface area contributed by atoms with Gasteiger partial charge in [0, 0.05) is 11.9 Å². The molecule has 6 heteroatoms. The number of amides is 1. The molecule has 2 N–H and O–H groups in total. The number of hydrogen-bond acceptors (Lipinski definition) is 4. The van der Waals surface area contributed by atoms with Crippen molar-refractivity contribution in [3.05, 3.63) is 47.8 Å². The fraction of sp³-hybridized carbons (Fsp3) is 0.200. The first-order valence-corrected chi connectivity index (χ1v) is 6.56. The van der Waals surface area contributed by atoms with E-state index in [4.69, 9.17) is 0 Å². The van der Waals surface area contributed by atoms with E-state index in [0.29, 0.717) is 5.69 Å². The highest BCUT2D eigenvalue weighted by Gasteiger charge is 2.34. The van der Waals surface area contributed by atoms with Crippen molar-refractivity contribution in [1.29, 1.82) is 0 Å². The normalized spacial score (nSPS) is 28.0. The molecule has 2 atom stereocenters. The van der Waals surface area contributed by atoms with Crippen LogP contribution >= 0.6 is 0 Å². The van der Waals surface area contributed by atoms with Crippen LogP contribution in [-0.4, -0.2) is 33.9 Å². The number of cyclic esters (lactones) is 1. The van der Waals surface area contributed by atoms with Crippen LogP contribution in [0.25, 0.3) is 12.3 Å². The van der Waals surface area contributed by atoms with Gasteiger partial charge in [-0.3, -0.25) is 9.59 Å². The van der Waals surface area contributed by atoms with Gasteiger partial charge in [0.1, 0.15) is 11.7 Å². The van der Waals surface area contributed by atoms with Crippen molar-refractivity contribution >= 4 is 24.2 Å². The number of ether oxygens (including phenoxy) is 1. The Morgan fingerprint density at radius 2 is 2.10 bits per heavy atom. The molecule has 21 heavy (non-hydrogen) atoms. The van der Waals surface area contributed by atoms with E-state index >= 15 is 0 Å². The number of esters is 1. The highest BCUT2D eigenvalue weighted by Crippen LogP contribution is 2.16. The largest absolute Gasteiger partial charge is 0.434 e. The van der Waals surface area contributed by atoms with Gasteiger partial charge >= 0.3 is 5.97 Å². The molecule has 3 rings (SSSR count). The third kappa shape index (κ3) is 2.66. The Bertz CT molecular complexity index is 669. The first-order valence-electron chi connectivity index (χ1n) is 6.56. The predicted octanol–water partition coefficient (Wildman–Crippen LogP) is 0.905. The van der Waals surface area contributed by atoms with Gasteiger partial charge in [0.05, 0.1) is 6.42 Å². The fourth-order valence-electron chi connectivity index (χ4n) is 2.28. The summed E-state index contributed by atoms with van der Waals surface area (Å²) in [6.07, 6.45) is 9.79. The van der Waals surface area contributed by atoms with Crippen LogP contribution in [0.1, 0.15) is 22.6 Å². The number of aliphatic hydroxyl groups excluding tert-OH is 1. The first-order chi connectivity index (χ1) is 10.1. The Morgan fingerprint density at radius 3 is 2.86 bits per heavy atom. The van der Waals surface area contributed by atoms with E-state index < -0.39 is 18.3 Å². The average Bonchev–Trinajstić information content (AvgIpc) is 2.93. The Balaban J connectivity index is 1.82. The maximum Gasteiger partial charge on any atom is 0.310 e. The summed E-state index contributed by atoms with van der Waals surface area (Å²) in [7, 11) is 0. The van der Waals surface area contributed by atoms with E-state index in [1.807, 2.05) is 36.4 Å². The number of carbonyl (C=O) groups excluding carboxylic acids is 2. The third-order valence-corrected chi connectivity index (χ3v) is 3.32. The molecule has 2 aliphatic rings. The number of nitrogens with zero attached hydrogens (tertiary/aromatic N) is 1. The molecule has 0 radical (unpaired) electrons. The van der Waals surface area contributed by atoms with Crippen molar-refractivity contribution in [1.82, 2.24) is 9.88 Å². The van der Waals surface area contributed by atoms with E-state index in [9.17, 15) is 14.7 Å². The van der Waals surface area contributed by atoms with Gasteiger partial charge in [-0.05, 0) is 24.3 Å². The molecule has 0 bridgehead atoms. The van der Waals surface area contributed by atoms with Crippen molar-refractivity contribution in [2.75, 3.05) is 0 Å². The third-order valence-electron chi connectivity index (χ3n) is 3.32. The number of fused-ring (bicyclic) bond motifs is 1. The second-order valence-corrected chi connectivity index (χ2v) is 4.76. The monoisotopic (exact) mass is 286 g/mol. The lowest BCUT2D eigenvalue weighted by Crippen LogP contribution is -2.40. The molecule has 1 fully saturated rings. The zero-order valence-electron chi connectivity index (χ0n) is 11.1. The van der Waals surface area contributed by atoms with Crippen LogP contribution in [0.15, 0.2) is 36.4 Å². The lowest BCUT2D eigenvalue weighted by molar-refractivity contribution is -0.154. The first kappa shape index (κ1) is 13.4. The van der Waals surface area contributed by atoms with Crippen molar-refractivity contribution in [3.63, 3.8) is 0 Å². The van der Waals surface area contributed by atoms with Crippen molar-refractivity contribution in [2.45, 2.75) is 18.8 Å². The van der Waals surface area contributed by atoms with Crippen molar-refractivity contribution < 1.29 is 19.4 Å². The van der Waals surface area contributed by atoms with Crippen LogP contribution in [0.2, 0.25) is 0 Å². The van der Waals surface area contributed by atoms with Gasteiger partial charge in [-0.1, -0.05) is 18.2 Å². The number of aliphatic hydroxyl groups is 1. The number of nitrogens with one attached hydrogen (secondary N) is 1. The molecule has 3 heterocycles.